The lowest BCUT2D eigenvalue weighted by Gasteiger charge is -2.10. The van der Waals surface area contributed by atoms with E-state index in [2.05, 4.69) is 0 Å². The zero-order valence-corrected chi connectivity index (χ0v) is 10.5. The van der Waals surface area contributed by atoms with Crippen LogP contribution in [0.1, 0.15) is 11.1 Å². The van der Waals surface area contributed by atoms with Gasteiger partial charge >= 0.3 is 0 Å². The predicted molar refractivity (Wildman–Crippen MR) is 66.2 cm³/mol. The minimum Gasteiger partial charge on any atom is -0.384 e. The van der Waals surface area contributed by atoms with Crippen LogP contribution in [0.15, 0.2) is 10.9 Å². The highest BCUT2D eigenvalue weighted by molar-refractivity contribution is 5.80. The number of H-pyrrole nitrogens is 1. The fourth-order valence-corrected chi connectivity index (χ4v) is 1.87. The SMILES string of the molecule is N#Cc1c(N)[nH]c(=O)c(C#N)c1-c1cc(F)c(F)c(F)c1F. The van der Waals surface area contributed by atoms with Crippen LogP contribution in [0.4, 0.5) is 23.4 Å². The Balaban J connectivity index is 3.06. The smallest absolute Gasteiger partial charge is 0.268 e. The number of anilines is 1. The summed E-state index contributed by atoms with van der Waals surface area (Å²) in [5.74, 6) is -8.32. The molecule has 0 unspecified atom stereocenters. The summed E-state index contributed by atoms with van der Waals surface area (Å²) in [5.41, 5.74) is 1.28. The Morgan fingerprint density at radius 2 is 1.59 bits per heavy atom. The summed E-state index contributed by atoms with van der Waals surface area (Å²) in [7, 11) is 0. The number of nitrogens with one attached hydrogen (secondary N) is 1. The Morgan fingerprint density at radius 3 is 2.14 bits per heavy atom. The van der Waals surface area contributed by atoms with Crippen molar-refractivity contribution in [2.24, 2.45) is 0 Å². The lowest BCUT2D eigenvalue weighted by atomic mass is 9.96. The molecular formula is C13H4F4N4O. The fourth-order valence-electron chi connectivity index (χ4n) is 1.87. The van der Waals surface area contributed by atoms with Gasteiger partial charge in [0.15, 0.2) is 23.3 Å². The first kappa shape index (κ1) is 15.1. The summed E-state index contributed by atoms with van der Waals surface area (Å²) >= 11 is 0. The number of hydrogen-bond donors (Lipinski definition) is 2. The van der Waals surface area contributed by atoms with Crippen LogP contribution < -0.4 is 11.3 Å². The molecule has 1 heterocycles. The number of benzene rings is 1. The zero-order chi connectivity index (χ0) is 16.6. The van der Waals surface area contributed by atoms with Crippen molar-refractivity contribution in [3.05, 3.63) is 50.8 Å². The molecule has 0 saturated heterocycles. The van der Waals surface area contributed by atoms with Crippen LogP contribution in [-0.4, -0.2) is 4.98 Å². The van der Waals surface area contributed by atoms with Crippen LogP contribution in [0, 0.1) is 45.9 Å². The summed E-state index contributed by atoms with van der Waals surface area (Å²) in [6.07, 6.45) is 0. The molecule has 0 aliphatic heterocycles. The minimum atomic E-state index is -2.14. The maximum Gasteiger partial charge on any atom is 0.268 e. The number of pyridine rings is 1. The van der Waals surface area contributed by atoms with Gasteiger partial charge in [-0.25, -0.2) is 17.6 Å². The highest BCUT2D eigenvalue weighted by Gasteiger charge is 2.26. The molecule has 5 nitrogen and oxygen atoms in total. The van der Waals surface area contributed by atoms with Gasteiger partial charge in [-0.3, -0.25) is 4.79 Å². The summed E-state index contributed by atoms with van der Waals surface area (Å²) in [4.78, 5) is 13.6. The minimum absolute atomic E-state index is 0.240. The Bertz CT molecular complexity index is 937. The molecule has 0 aliphatic rings. The Morgan fingerprint density at radius 1 is 1.00 bits per heavy atom. The summed E-state index contributed by atoms with van der Waals surface area (Å²) in [6.45, 7) is 0. The molecule has 2 aromatic rings. The second kappa shape index (κ2) is 5.22. The van der Waals surface area contributed by atoms with Crippen LogP contribution in [-0.2, 0) is 0 Å². The van der Waals surface area contributed by atoms with Crippen molar-refractivity contribution in [2.45, 2.75) is 0 Å². The first-order chi connectivity index (χ1) is 10.3. The number of nitrogens with zero attached hydrogens (tertiary/aromatic N) is 2. The van der Waals surface area contributed by atoms with Gasteiger partial charge in [0.25, 0.3) is 5.56 Å². The largest absolute Gasteiger partial charge is 0.384 e. The normalized spacial score (nSPS) is 10.1. The molecule has 1 aromatic heterocycles. The number of halogens is 4. The van der Waals surface area contributed by atoms with Crippen LogP contribution in [0.2, 0.25) is 0 Å². The Labute approximate surface area is 119 Å². The molecule has 2 rings (SSSR count). The van der Waals surface area contributed by atoms with E-state index in [4.69, 9.17) is 16.3 Å². The van der Waals surface area contributed by atoms with Crippen molar-refractivity contribution in [3.8, 4) is 23.3 Å². The van der Waals surface area contributed by atoms with E-state index in [1.54, 1.807) is 0 Å². The number of aromatic amines is 1. The number of rotatable bonds is 1. The van der Waals surface area contributed by atoms with Gasteiger partial charge in [0.2, 0.25) is 0 Å². The highest BCUT2D eigenvalue weighted by atomic mass is 19.2. The van der Waals surface area contributed by atoms with E-state index in [0.717, 1.165) is 0 Å². The average molecular weight is 308 g/mol. The van der Waals surface area contributed by atoms with Crippen molar-refractivity contribution in [2.75, 3.05) is 5.73 Å². The van der Waals surface area contributed by atoms with Crippen LogP contribution in [0.3, 0.4) is 0 Å². The van der Waals surface area contributed by atoms with E-state index in [0.29, 0.717) is 0 Å². The molecule has 0 fully saturated rings. The van der Waals surface area contributed by atoms with Gasteiger partial charge in [0, 0.05) is 11.1 Å². The molecule has 0 amide bonds. The number of aromatic nitrogens is 1. The number of hydrogen-bond acceptors (Lipinski definition) is 4. The summed E-state index contributed by atoms with van der Waals surface area (Å²) in [5, 5.41) is 18.0. The van der Waals surface area contributed by atoms with E-state index in [9.17, 15) is 22.4 Å². The molecule has 0 bridgehead atoms. The zero-order valence-electron chi connectivity index (χ0n) is 10.5. The Kier molecular flexibility index (Phi) is 3.57. The third-order valence-electron chi connectivity index (χ3n) is 2.84. The topological polar surface area (TPSA) is 106 Å². The molecule has 0 saturated carbocycles. The first-order valence-electron chi connectivity index (χ1n) is 5.52. The second-order valence-corrected chi connectivity index (χ2v) is 4.06. The number of nitriles is 2. The first-order valence-corrected chi connectivity index (χ1v) is 5.52. The maximum atomic E-state index is 13.9. The predicted octanol–water partition coefficient (Wildman–Crippen LogP) is 1.92. The molecule has 0 radical (unpaired) electrons. The monoisotopic (exact) mass is 308 g/mol. The van der Waals surface area contributed by atoms with Crippen molar-refractivity contribution in [3.63, 3.8) is 0 Å². The quantitative estimate of drug-likeness (QED) is 0.477. The van der Waals surface area contributed by atoms with Crippen molar-refractivity contribution < 1.29 is 17.6 Å². The van der Waals surface area contributed by atoms with Crippen molar-refractivity contribution in [1.82, 2.24) is 4.98 Å². The lowest BCUT2D eigenvalue weighted by molar-refractivity contribution is 0.411. The van der Waals surface area contributed by atoms with Crippen LogP contribution >= 0.6 is 0 Å². The Hall–Kier alpha value is -3.33. The lowest BCUT2D eigenvalue weighted by Crippen LogP contribution is -2.17. The number of nitrogens with two attached hydrogens (primary N) is 1. The van der Waals surface area contributed by atoms with E-state index in [1.165, 1.54) is 12.1 Å². The highest BCUT2D eigenvalue weighted by Crippen LogP contribution is 2.32. The van der Waals surface area contributed by atoms with Crippen LogP contribution in [0.25, 0.3) is 11.1 Å². The fraction of sp³-hybridized carbons (Fsp3) is 0. The van der Waals surface area contributed by atoms with Gasteiger partial charge in [0.05, 0.1) is 0 Å². The molecular weight excluding hydrogens is 304 g/mol. The molecule has 9 heteroatoms. The molecule has 1 aromatic carbocycles. The molecule has 110 valence electrons. The van der Waals surface area contributed by atoms with E-state index in [1.807, 2.05) is 4.98 Å². The summed E-state index contributed by atoms with van der Waals surface area (Å²) < 4.78 is 53.5. The maximum absolute atomic E-state index is 13.9. The molecule has 22 heavy (non-hydrogen) atoms. The van der Waals surface area contributed by atoms with E-state index in [-0.39, 0.29) is 6.07 Å². The van der Waals surface area contributed by atoms with Gasteiger partial charge < -0.3 is 10.7 Å². The summed E-state index contributed by atoms with van der Waals surface area (Å²) in [6, 6.07) is 3.12. The molecule has 0 aliphatic carbocycles. The van der Waals surface area contributed by atoms with E-state index >= 15 is 0 Å². The van der Waals surface area contributed by atoms with Gasteiger partial charge in [-0.15, -0.1) is 0 Å². The van der Waals surface area contributed by atoms with Gasteiger partial charge in [-0.1, -0.05) is 0 Å². The van der Waals surface area contributed by atoms with Crippen molar-refractivity contribution in [1.29, 1.82) is 10.5 Å². The molecule has 3 N–H and O–H groups in total. The van der Waals surface area contributed by atoms with Gasteiger partial charge in [-0.05, 0) is 6.07 Å². The third-order valence-corrected chi connectivity index (χ3v) is 2.84. The third kappa shape index (κ3) is 2.05. The van der Waals surface area contributed by atoms with Gasteiger partial charge in [-0.2, -0.15) is 10.5 Å². The number of nitrogen functional groups attached to an aromatic ring is 1. The second-order valence-electron chi connectivity index (χ2n) is 4.06. The standard InChI is InChI=1S/C13H4F4N4O/c14-7-1-4(9(15)11(17)10(7)16)8-5(2-18)12(20)21-13(22)6(8)3-19/h1H,(H3,20,21,22). The molecule has 0 atom stereocenters. The average Bonchev–Trinajstić information content (AvgIpc) is 2.48. The van der Waals surface area contributed by atoms with E-state index < -0.39 is 56.9 Å². The van der Waals surface area contributed by atoms with Crippen molar-refractivity contribution >= 4 is 5.82 Å². The van der Waals surface area contributed by atoms with Crippen LogP contribution in [0.5, 0.6) is 0 Å². The van der Waals surface area contributed by atoms with Gasteiger partial charge in [0.1, 0.15) is 29.1 Å². The molecule has 0 spiro atoms.